The summed E-state index contributed by atoms with van der Waals surface area (Å²) in [6.07, 6.45) is 9.68. The Balaban J connectivity index is 1.19. The normalized spacial score (nSPS) is 18.1. The number of benzene rings is 1. The maximum absolute atomic E-state index is 15.4. The van der Waals surface area contributed by atoms with E-state index in [9.17, 15) is 9.90 Å². The van der Waals surface area contributed by atoms with E-state index in [0.717, 1.165) is 49.4 Å². The topological polar surface area (TPSA) is 100 Å². The Kier molecular flexibility index (Phi) is 7.37. The van der Waals surface area contributed by atoms with Crippen molar-refractivity contribution >= 4 is 34.5 Å². The van der Waals surface area contributed by atoms with Crippen LogP contribution < -0.4 is 4.90 Å². The lowest BCUT2D eigenvalue weighted by Crippen LogP contribution is -2.35. The van der Waals surface area contributed by atoms with Crippen molar-refractivity contribution < 1.29 is 14.3 Å². The molecule has 0 radical (unpaired) electrons. The summed E-state index contributed by atoms with van der Waals surface area (Å²) in [6.45, 7) is 4.47. The number of aryl methyl sites for hydroxylation is 1. The first-order chi connectivity index (χ1) is 19.4. The van der Waals surface area contributed by atoms with Crippen LogP contribution in [0.4, 0.5) is 10.3 Å². The van der Waals surface area contributed by atoms with Gasteiger partial charge in [-0.2, -0.15) is 0 Å². The zero-order chi connectivity index (χ0) is 27.8. The summed E-state index contributed by atoms with van der Waals surface area (Å²) in [5.74, 6) is 0.210. The molecule has 1 N–H and O–H groups in total. The third kappa shape index (κ3) is 5.13. The number of fused-ring (bicyclic) bond motifs is 1. The zero-order valence-corrected chi connectivity index (χ0v) is 23.1. The molecule has 2 saturated heterocycles. The van der Waals surface area contributed by atoms with Crippen molar-refractivity contribution in [2.24, 2.45) is 0 Å². The first-order valence-corrected chi connectivity index (χ1v) is 14.1. The number of amides is 1. The number of aliphatic hydroxyl groups excluding tert-OH is 1. The highest BCUT2D eigenvalue weighted by Gasteiger charge is 2.27. The van der Waals surface area contributed by atoms with Crippen molar-refractivity contribution in [2.45, 2.75) is 51.2 Å². The Bertz CT molecular complexity index is 1540. The van der Waals surface area contributed by atoms with E-state index in [4.69, 9.17) is 11.6 Å². The summed E-state index contributed by atoms with van der Waals surface area (Å²) in [7, 11) is 0. The van der Waals surface area contributed by atoms with E-state index >= 15 is 4.39 Å². The van der Waals surface area contributed by atoms with Gasteiger partial charge >= 0.3 is 0 Å². The lowest BCUT2D eigenvalue weighted by molar-refractivity contribution is 0.0765. The molecule has 4 aromatic rings. The van der Waals surface area contributed by atoms with Crippen molar-refractivity contribution in [1.29, 1.82) is 0 Å². The first kappa shape index (κ1) is 26.6. The number of β-amino-alcohol motifs (C(OH)–C–C–N with tert-alkyl or cyclic N) is 1. The van der Waals surface area contributed by atoms with E-state index in [1.807, 2.05) is 17.0 Å². The van der Waals surface area contributed by atoms with Crippen LogP contribution in [-0.4, -0.2) is 72.7 Å². The molecule has 0 bridgehead atoms. The number of likely N-dealkylation sites (tertiary alicyclic amines) is 1. The van der Waals surface area contributed by atoms with Crippen LogP contribution in [0.15, 0.2) is 43.1 Å². The summed E-state index contributed by atoms with van der Waals surface area (Å²) in [6, 6.07) is 5.24. The van der Waals surface area contributed by atoms with Gasteiger partial charge in [-0.05, 0) is 48.9 Å². The molecule has 2 aliphatic rings. The number of aromatic nitrogens is 5. The molecule has 2 aliphatic heterocycles. The molecule has 0 saturated carbocycles. The Labute approximate surface area is 236 Å². The maximum Gasteiger partial charge on any atom is 0.253 e. The number of anilines is 1. The molecular formula is C29H31ClFN7O2. The molecule has 1 atom stereocenters. The maximum atomic E-state index is 15.4. The third-order valence-electron chi connectivity index (χ3n) is 7.99. The fraction of sp³-hybridized carbons (Fsp3) is 0.414. The number of halogens is 2. The van der Waals surface area contributed by atoms with E-state index in [2.05, 4.69) is 31.8 Å². The Hall–Kier alpha value is -3.63. The van der Waals surface area contributed by atoms with Crippen LogP contribution in [0.3, 0.4) is 0 Å². The Morgan fingerprint density at radius 3 is 2.55 bits per heavy atom. The fourth-order valence-electron chi connectivity index (χ4n) is 5.66. The van der Waals surface area contributed by atoms with E-state index < -0.39 is 6.10 Å². The highest BCUT2D eigenvalue weighted by atomic mass is 35.5. The molecular weight excluding hydrogens is 533 g/mol. The van der Waals surface area contributed by atoms with Gasteiger partial charge in [0.2, 0.25) is 5.95 Å². The lowest BCUT2D eigenvalue weighted by Gasteiger charge is -2.32. The number of carbonyl (C=O) groups is 1. The zero-order valence-electron chi connectivity index (χ0n) is 22.3. The SMILES string of the molecule is CCc1cnc(N2CCC(n3cc(F)c4c(Cc5ccc(C(=O)N6CC[C@@H](O)C6)cc5Cl)ncnc43)CC2)nc1. The molecule has 2 fully saturated rings. The molecule has 0 unspecified atom stereocenters. The number of rotatable bonds is 6. The van der Waals surface area contributed by atoms with Crippen molar-refractivity contribution in [3.8, 4) is 0 Å². The number of carbonyl (C=O) groups excluding carboxylic acids is 1. The number of piperidine rings is 1. The van der Waals surface area contributed by atoms with E-state index in [-0.39, 0.29) is 17.8 Å². The number of aliphatic hydroxyl groups is 1. The molecule has 9 nitrogen and oxygen atoms in total. The molecule has 6 rings (SSSR count). The van der Waals surface area contributed by atoms with E-state index in [1.165, 1.54) is 12.5 Å². The second-order valence-corrected chi connectivity index (χ2v) is 11.0. The van der Waals surface area contributed by atoms with Crippen molar-refractivity contribution in [2.75, 3.05) is 31.1 Å². The fourth-order valence-corrected chi connectivity index (χ4v) is 5.91. The Morgan fingerprint density at radius 2 is 1.88 bits per heavy atom. The largest absolute Gasteiger partial charge is 0.391 e. The van der Waals surface area contributed by atoms with Crippen LogP contribution >= 0.6 is 11.6 Å². The molecule has 208 valence electrons. The van der Waals surface area contributed by atoms with Gasteiger partial charge in [-0.15, -0.1) is 0 Å². The summed E-state index contributed by atoms with van der Waals surface area (Å²) in [4.78, 5) is 34.5. The predicted octanol–water partition coefficient (Wildman–Crippen LogP) is 4.22. The van der Waals surface area contributed by atoms with Crippen LogP contribution in [0.25, 0.3) is 11.0 Å². The van der Waals surface area contributed by atoms with Gasteiger partial charge in [0.05, 0.1) is 17.2 Å². The molecule has 0 spiro atoms. The Morgan fingerprint density at radius 1 is 1.10 bits per heavy atom. The van der Waals surface area contributed by atoms with Gasteiger partial charge in [0.25, 0.3) is 5.91 Å². The number of hydrogen-bond acceptors (Lipinski definition) is 7. The summed E-state index contributed by atoms with van der Waals surface area (Å²) < 4.78 is 17.3. The monoisotopic (exact) mass is 563 g/mol. The van der Waals surface area contributed by atoms with Crippen molar-refractivity contribution in [3.05, 3.63) is 76.3 Å². The van der Waals surface area contributed by atoms with Crippen molar-refractivity contribution in [1.82, 2.24) is 29.4 Å². The average molecular weight is 564 g/mol. The van der Waals surface area contributed by atoms with E-state index in [0.29, 0.717) is 53.2 Å². The lowest BCUT2D eigenvalue weighted by atomic mass is 10.0. The van der Waals surface area contributed by atoms with Gasteiger partial charge in [0.15, 0.2) is 5.82 Å². The molecule has 1 aromatic carbocycles. The third-order valence-corrected chi connectivity index (χ3v) is 8.34. The van der Waals surface area contributed by atoms with Crippen LogP contribution in [0.2, 0.25) is 5.02 Å². The predicted molar refractivity (Wildman–Crippen MR) is 150 cm³/mol. The van der Waals surface area contributed by atoms with Crippen LogP contribution in [0, 0.1) is 5.82 Å². The minimum atomic E-state index is -0.486. The molecule has 11 heteroatoms. The second kappa shape index (κ2) is 11.1. The minimum absolute atomic E-state index is 0.0962. The van der Waals surface area contributed by atoms with Crippen LogP contribution in [0.1, 0.15) is 59.4 Å². The minimum Gasteiger partial charge on any atom is -0.391 e. The van der Waals surface area contributed by atoms with Gasteiger partial charge < -0.3 is 19.5 Å². The van der Waals surface area contributed by atoms with Gasteiger partial charge in [-0.1, -0.05) is 24.6 Å². The highest BCUT2D eigenvalue weighted by Crippen LogP contribution is 2.32. The summed E-state index contributed by atoms with van der Waals surface area (Å²) in [5, 5.41) is 10.6. The summed E-state index contributed by atoms with van der Waals surface area (Å²) in [5.41, 5.74) is 3.43. The highest BCUT2D eigenvalue weighted by molar-refractivity contribution is 6.31. The van der Waals surface area contributed by atoms with E-state index in [1.54, 1.807) is 23.1 Å². The van der Waals surface area contributed by atoms with Gasteiger partial charge in [-0.25, -0.2) is 24.3 Å². The molecule has 1 amide bonds. The average Bonchev–Trinajstić information content (AvgIpc) is 3.57. The van der Waals surface area contributed by atoms with Crippen LogP contribution in [-0.2, 0) is 12.8 Å². The van der Waals surface area contributed by atoms with Gasteiger partial charge in [0, 0.05) is 67.8 Å². The number of nitrogens with zero attached hydrogens (tertiary/aromatic N) is 7. The molecule has 0 aliphatic carbocycles. The molecule has 40 heavy (non-hydrogen) atoms. The summed E-state index contributed by atoms with van der Waals surface area (Å²) >= 11 is 6.58. The smallest absolute Gasteiger partial charge is 0.253 e. The second-order valence-electron chi connectivity index (χ2n) is 10.5. The van der Waals surface area contributed by atoms with Crippen LogP contribution in [0.5, 0.6) is 0 Å². The quantitative estimate of drug-likeness (QED) is 0.375. The molecule has 5 heterocycles. The van der Waals surface area contributed by atoms with Gasteiger partial charge in [0.1, 0.15) is 12.0 Å². The standard InChI is InChI=1S/C29H31ClFN7O2/c1-2-18-13-32-29(33-14-18)36-8-5-21(6-9-36)38-16-24(31)26-25(34-17-35-27(26)38)12-19-3-4-20(11-23(19)30)28(40)37-10-7-22(39)15-37/h3-4,11,13-14,16-17,21-22,39H,2,5-10,12,15H2,1H3/t22-/m1/s1. The number of hydrogen-bond donors (Lipinski definition) is 1. The van der Waals surface area contributed by atoms with Crippen molar-refractivity contribution in [3.63, 3.8) is 0 Å². The van der Waals surface area contributed by atoms with Gasteiger partial charge in [-0.3, -0.25) is 4.79 Å². The first-order valence-electron chi connectivity index (χ1n) is 13.7. The molecule has 3 aromatic heterocycles.